The molecule has 3 aromatic rings. The summed E-state index contributed by atoms with van der Waals surface area (Å²) in [5.74, 6) is 0.862. The third-order valence-electron chi connectivity index (χ3n) is 6.00. The van der Waals surface area contributed by atoms with Crippen LogP contribution in [-0.2, 0) is 6.42 Å². The maximum atomic E-state index is 4.68. The van der Waals surface area contributed by atoms with Gasteiger partial charge in [0.2, 0.25) is 0 Å². The first-order valence-electron chi connectivity index (χ1n) is 10.3. The lowest BCUT2D eigenvalue weighted by Gasteiger charge is -2.39. The van der Waals surface area contributed by atoms with Crippen LogP contribution in [0.1, 0.15) is 29.8 Å². The fraction of sp³-hybridized carbons (Fsp3) is 0.391. The van der Waals surface area contributed by atoms with Gasteiger partial charge in [-0.25, -0.2) is 9.67 Å². The summed E-state index contributed by atoms with van der Waals surface area (Å²) in [5.41, 5.74) is 4.99. The Morgan fingerprint density at radius 3 is 2.79 bits per heavy atom. The average molecular weight is 374 g/mol. The van der Waals surface area contributed by atoms with Crippen LogP contribution >= 0.6 is 0 Å². The minimum absolute atomic E-state index is 0.737. The van der Waals surface area contributed by atoms with Crippen LogP contribution in [0.25, 0.3) is 5.69 Å². The molecule has 0 saturated carbocycles. The number of para-hydroxylation sites is 1. The second-order valence-electron chi connectivity index (χ2n) is 8.07. The van der Waals surface area contributed by atoms with E-state index in [-0.39, 0.29) is 0 Å². The predicted molar refractivity (Wildman–Crippen MR) is 112 cm³/mol. The molecule has 2 aliphatic heterocycles. The molecule has 2 aromatic carbocycles. The molecule has 2 saturated heterocycles. The molecule has 28 heavy (non-hydrogen) atoms. The highest BCUT2D eigenvalue weighted by Crippen LogP contribution is 2.27. The molecule has 1 aromatic heterocycles. The van der Waals surface area contributed by atoms with Crippen LogP contribution in [0.3, 0.4) is 0 Å². The molecule has 0 N–H and O–H groups in total. The van der Waals surface area contributed by atoms with Crippen LogP contribution in [0.2, 0.25) is 0 Å². The number of hydrogen-bond donors (Lipinski definition) is 0. The third kappa shape index (κ3) is 3.54. The van der Waals surface area contributed by atoms with Gasteiger partial charge in [0.05, 0.1) is 5.69 Å². The van der Waals surface area contributed by atoms with E-state index in [0.29, 0.717) is 0 Å². The van der Waals surface area contributed by atoms with Gasteiger partial charge >= 0.3 is 0 Å². The largest absolute Gasteiger partial charge is 0.369 e. The molecule has 3 heterocycles. The van der Waals surface area contributed by atoms with Crippen molar-refractivity contribution in [2.75, 3.05) is 31.1 Å². The molecular formula is C23H27N5. The molecule has 0 bridgehead atoms. The van der Waals surface area contributed by atoms with Crippen molar-refractivity contribution in [1.29, 1.82) is 0 Å². The Morgan fingerprint density at radius 1 is 1.00 bits per heavy atom. The maximum Gasteiger partial charge on any atom is 0.155 e. The van der Waals surface area contributed by atoms with Crippen molar-refractivity contribution in [2.45, 2.75) is 32.2 Å². The quantitative estimate of drug-likeness (QED) is 0.702. The van der Waals surface area contributed by atoms with Crippen molar-refractivity contribution in [3.05, 3.63) is 71.8 Å². The number of fused-ring (bicyclic) bond motifs is 1. The zero-order valence-corrected chi connectivity index (χ0v) is 16.5. The van der Waals surface area contributed by atoms with Gasteiger partial charge in [0.1, 0.15) is 6.33 Å². The Kier molecular flexibility index (Phi) is 4.61. The van der Waals surface area contributed by atoms with Crippen LogP contribution in [0.5, 0.6) is 0 Å². The smallest absolute Gasteiger partial charge is 0.155 e. The SMILES string of the molecule is Cc1cc(Cc2ncn(-c3ccccc3)n2)cc(N2CCN3CCC[C@@H]3C2)c1. The van der Waals surface area contributed by atoms with Crippen molar-refractivity contribution in [3.8, 4) is 5.69 Å². The van der Waals surface area contributed by atoms with Crippen molar-refractivity contribution in [1.82, 2.24) is 19.7 Å². The molecule has 0 spiro atoms. The summed E-state index contributed by atoms with van der Waals surface area (Å²) < 4.78 is 1.85. The van der Waals surface area contributed by atoms with E-state index in [4.69, 9.17) is 0 Å². The van der Waals surface area contributed by atoms with Gasteiger partial charge < -0.3 is 4.90 Å². The van der Waals surface area contributed by atoms with E-state index < -0.39 is 0 Å². The van der Waals surface area contributed by atoms with Crippen molar-refractivity contribution in [2.24, 2.45) is 0 Å². The third-order valence-corrected chi connectivity index (χ3v) is 6.00. The molecule has 5 heteroatoms. The highest BCUT2D eigenvalue weighted by atomic mass is 15.3. The van der Waals surface area contributed by atoms with Gasteiger partial charge in [-0.15, -0.1) is 0 Å². The van der Waals surface area contributed by atoms with E-state index >= 15 is 0 Å². The van der Waals surface area contributed by atoms with Crippen LogP contribution in [-0.4, -0.2) is 51.9 Å². The second-order valence-corrected chi connectivity index (χ2v) is 8.07. The van der Waals surface area contributed by atoms with Crippen molar-refractivity contribution < 1.29 is 0 Å². The van der Waals surface area contributed by atoms with E-state index in [9.17, 15) is 0 Å². The molecule has 5 nitrogen and oxygen atoms in total. The lowest BCUT2D eigenvalue weighted by Crippen LogP contribution is -2.50. The second kappa shape index (κ2) is 7.40. The highest BCUT2D eigenvalue weighted by Gasteiger charge is 2.30. The number of benzene rings is 2. The average Bonchev–Trinajstić information content (AvgIpc) is 3.37. The zero-order chi connectivity index (χ0) is 18.9. The van der Waals surface area contributed by atoms with Crippen molar-refractivity contribution >= 4 is 5.69 Å². The summed E-state index contributed by atoms with van der Waals surface area (Å²) in [7, 11) is 0. The molecule has 2 fully saturated rings. The van der Waals surface area contributed by atoms with Crippen LogP contribution in [0.15, 0.2) is 54.9 Å². The number of hydrogen-bond acceptors (Lipinski definition) is 4. The van der Waals surface area contributed by atoms with E-state index in [1.807, 2.05) is 35.0 Å². The Labute approximate surface area is 166 Å². The minimum atomic E-state index is 0.737. The van der Waals surface area contributed by atoms with Gasteiger partial charge in [0.15, 0.2) is 5.82 Å². The van der Waals surface area contributed by atoms with Gasteiger partial charge in [0, 0.05) is 37.8 Å². The number of anilines is 1. The normalized spacial score (nSPS) is 19.8. The first kappa shape index (κ1) is 17.4. The number of aromatic nitrogens is 3. The summed E-state index contributed by atoms with van der Waals surface area (Å²) in [6.45, 7) is 6.95. The fourth-order valence-electron chi connectivity index (χ4n) is 4.62. The number of aryl methyl sites for hydroxylation is 1. The highest BCUT2D eigenvalue weighted by molar-refractivity contribution is 5.52. The summed E-state index contributed by atoms with van der Waals surface area (Å²) in [5, 5.41) is 4.68. The van der Waals surface area contributed by atoms with Crippen LogP contribution < -0.4 is 4.90 Å². The van der Waals surface area contributed by atoms with E-state index in [2.05, 4.69) is 45.0 Å². The van der Waals surface area contributed by atoms with Crippen LogP contribution in [0, 0.1) is 6.92 Å². The summed E-state index contributed by atoms with van der Waals surface area (Å²) in [6, 6.07) is 17.8. The van der Waals surface area contributed by atoms with E-state index in [1.165, 1.54) is 42.7 Å². The topological polar surface area (TPSA) is 37.2 Å². The molecule has 0 amide bonds. The minimum Gasteiger partial charge on any atom is -0.369 e. The molecule has 144 valence electrons. The molecule has 0 aliphatic carbocycles. The number of rotatable bonds is 4. The van der Waals surface area contributed by atoms with Gasteiger partial charge in [-0.3, -0.25) is 4.90 Å². The summed E-state index contributed by atoms with van der Waals surface area (Å²) in [6.07, 6.45) is 5.27. The Bertz CT molecular complexity index is 949. The maximum absolute atomic E-state index is 4.68. The summed E-state index contributed by atoms with van der Waals surface area (Å²) >= 11 is 0. The Balaban J connectivity index is 1.34. The summed E-state index contributed by atoms with van der Waals surface area (Å²) in [4.78, 5) is 9.76. The number of piperazine rings is 1. The molecule has 2 aliphatic rings. The zero-order valence-electron chi connectivity index (χ0n) is 16.5. The van der Waals surface area contributed by atoms with Crippen molar-refractivity contribution in [3.63, 3.8) is 0 Å². The van der Waals surface area contributed by atoms with Gasteiger partial charge in [0.25, 0.3) is 0 Å². The van der Waals surface area contributed by atoms with Gasteiger partial charge in [-0.2, -0.15) is 5.10 Å². The number of nitrogens with zero attached hydrogens (tertiary/aromatic N) is 5. The fourth-order valence-corrected chi connectivity index (χ4v) is 4.62. The van der Waals surface area contributed by atoms with E-state index in [1.54, 1.807) is 6.33 Å². The van der Waals surface area contributed by atoms with Gasteiger partial charge in [-0.1, -0.05) is 24.3 Å². The Morgan fingerprint density at radius 2 is 1.89 bits per heavy atom. The van der Waals surface area contributed by atoms with Crippen LogP contribution in [0.4, 0.5) is 5.69 Å². The lowest BCUT2D eigenvalue weighted by atomic mass is 10.0. The molecule has 0 radical (unpaired) electrons. The standard InChI is InChI=1S/C23H27N5/c1-18-12-19(15-23-24-17-28(25-23)20-6-3-2-4-7-20)14-22(13-18)27-11-10-26-9-5-8-21(26)16-27/h2-4,6-7,12-14,17,21H,5,8-11,15-16H2,1H3/t21-/m1/s1. The molecule has 0 unspecified atom stereocenters. The first-order chi connectivity index (χ1) is 13.7. The molecule has 5 rings (SSSR count). The Hall–Kier alpha value is -2.66. The first-order valence-corrected chi connectivity index (χ1v) is 10.3. The lowest BCUT2D eigenvalue weighted by molar-refractivity contribution is 0.231. The van der Waals surface area contributed by atoms with Gasteiger partial charge in [-0.05, 0) is 61.7 Å². The molecular weight excluding hydrogens is 346 g/mol. The molecule has 1 atom stereocenters. The van der Waals surface area contributed by atoms with E-state index in [0.717, 1.165) is 37.1 Å². The predicted octanol–water partition coefficient (Wildman–Crippen LogP) is 3.45. The monoisotopic (exact) mass is 373 g/mol.